The maximum absolute atomic E-state index is 14.3. The van der Waals surface area contributed by atoms with Crippen molar-refractivity contribution in [1.82, 2.24) is 10.3 Å². The van der Waals surface area contributed by atoms with E-state index in [-0.39, 0.29) is 23.6 Å². The van der Waals surface area contributed by atoms with E-state index in [9.17, 15) is 17.6 Å². The van der Waals surface area contributed by atoms with Crippen molar-refractivity contribution in [3.8, 4) is 5.88 Å². The summed E-state index contributed by atoms with van der Waals surface area (Å²) in [5.74, 6) is -0.687. The lowest BCUT2D eigenvalue weighted by molar-refractivity contribution is -0.122. The summed E-state index contributed by atoms with van der Waals surface area (Å²) >= 11 is 0. The summed E-state index contributed by atoms with van der Waals surface area (Å²) in [6.45, 7) is 12.9. The molecule has 0 fully saturated rings. The molecule has 0 saturated carbocycles. The van der Waals surface area contributed by atoms with Gasteiger partial charge in [-0.1, -0.05) is 46.8 Å². The molecule has 0 saturated heterocycles. The smallest absolute Gasteiger partial charge is 0.229 e. The molecule has 1 amide bonds. The molecule has 188 valence electrons. The van der Waals surface area contributed by atoms with Gasteiger partial charge in [0.2, 0.25) is 21.8 Å². The molecule has 9 heteroatoms. The Hall–Kier alpha value is -2.68. The van der Waals surface area contributed by atoms with Gasteiger partial charge in [-0.25, -0.2) is 17.8 Å². The third kappa shape index (κ3) is 8.27. The molecule has 1 heterocycles. The number of hydrogen-bond donors (Lipinski definition) is 2. The topological polar surface area (TPSA) is 97.4 Å². The minimum absolute atomic E-state index is 0.144. The standard InChI is InChI=1S/C25H36FN3O4S/c1-16(2)12-13-33-24-19(9-11-22(28-24)25(4,5)6)15-27-23(30)17(3)18-8-10-21(20(26)14-18)29-34(7,31)32/h8-11,14,16-17,29H,12-13,15H2,1-7H3,(H,27,30). The lowest BCUT2D eigenvalue weighted by atomic mass is 9.91. The number of ether oxygens (including phenoxy) is 1. The molecular weight excluding hydrogens is 457 g/mol. The summed E-state index contributed by atoms with van der Waals surface area (Å²) in [6, 6.07) is 7.85. The van der Waals surface area contributed by atoms with Gasteiger partial charge in [0.25, 0.3) is 0 Å². The Balaban J connectivity index is 2.14. The first-order valence-corrected chi connectivity index (χ1v) is 13.2. The number of amides is 1. The molecule has 0 aliphatic carbocycles. The molecule has 2 aromatic rings. The molecule has 1 atom stereocenters. The second kappa shape index (κ2) is 11.2. The molecule has 0 bridgehead atoms. The number of nitrogens with one attached hydrogen (secondary N) is 2. The molecule has 7 nitrogen and oxygen atoms in total. The van der Waals surface area contributed by atoms with Gasteiger partial charge in [-0.3, -0.25) is 9.52 Å². The zero-order valence-corrected chi connectivity index (χ0v) is 21.8. The molecule has 1 aromatic heterocycles. The second-order valence-corrected chi connectivity index (χ2v) is 11.7. The number of carbonyl (C=O) groups excluding carboxylic acids is 1. The number of carbonyl (C=O) groups is 1. The number of pyridine rings is 1. The number of rotatable bonds is 10. The van der Waals surface area contributed by atoms with Crippen molar-refractivity contribution in [3.63, 3.8) is 0 Å². The highest BCUT2D eigenvalue weighted by molar-refractivity contribution is 7.92. The van der Waals surface area contributed by atoms with Crippen molar-refractivity contribution < 1.29 is 22.3 Å². The maximum Gasteiger partial charge on any atom is 0.229 e. The number of nitrogens with zero attached hydrogens (tertiary/aromatic N) is 1. The number of anilines is 1. The van der Waals surface area contributed by atoms with Gasteiger partial charge in [0.05, 0.1) is 24.5 Å². The Labute approximate surface area is 202 Å². The van der Waals surface area contributed by atoms with Crippen LogP contribution < -0.4 is 14.8 Å². The summed E-state index contributed by atoms with van der Waals surface area (Å²) in [7, 11) is -3.60. The van der Waals surface area contributed by atoms with Crippen LogP contribution >= 0.6 is 0 Å². The minimum atomic E-state index is -3.60. The van der Waals surface area contributed by atoms with Crippen molar-refractivity contribution in [2.75, 3.05) is 17.6 Å². The van der Waals surface area contributed by atoms with E-state index in [0.717, 1.165) is 30.0 Å². The highest BCUT2D eigenvalue weighted by Gasteiger charge is 2.21. The predicted molar refractivity (Wildman–Crippen MR) is 133 cm³/mol. The second-order valence-electron chi connectivity index (χ2n) is 9.99. The number of sulfonamides is 1. The van der Waals surface area contributed by atoms with Crippen molar-refractivity contribution in [3.05, 3.63) is 53.0 Å². The van der Waals surface area contributed by atoms with Crippen LogP contribution in [0.3, 0.4) is 0 Å². The highest BCUT2D eigenvalue weighted by Crippen LogP contribution is 2.26. The van der Waals surface area contributed by atoms with Crippen LogP contribution in [-0.4, -0.2) is 32.2 Å². The Kier molecular flexibility index (Phi) is 9.05. The molecule has 1 unspecified atom stereocenters. The van der Waals surface area contributed by atoms with Gasteiger partial charge < -0.3 is 10.1 Å². The lowest BCUT2D eigenvalue weighted by Gasteiger charge is -2.21. The Morgan fingerprint density at radius 1 is 1.15 bits per heavy atom. The third-order valence-electron chi connectivity index (χ3n) is 5.28. The molecule has 1 aromatic carbocycles. The zero-order chi connectivity index (χ0) is 25.7. The fourth-order valence-corrected chi connectivity index (χ4v) is 3.67. The first kappa shape index (κ1) is 27.6. The van der Waals surface area contributed by atoms with E-state index in [1.807, 2.05) is 12.1 Å². The fourth-order valence-electron chi connectivity index (χ4n) is 3.11. The van der Waals surface area contributed by atoms with E-state index in [1.165, 1.54) is 12.1 Å². The Morgan fingerprint density at radius 2 is 1.82 bits per heavy atom. The van der Waals surface area contributed by atoms with Crippen LogP contribution in [-0.2, 0) is 26.8 Å². The minimum Gasteiger partial charge on any atom is -0.477 e. The molecule has 0 radical (unpaired) electrons. The number of aromatic nitrogens is 1. The first-order valence-electron chi connectivity index (χ1n) is 11.4. The van der Waals surface area contributed by atoms with Gasteiger partial charge in [-0.2, -0.15) is 0 Å². The van der Waals surface area contributed by atoms with E-state index >= 15 is 0 Å². The van der Waals surface area contributed by atoms with Crippen LogP contribution in [0.5, 0.6) is 5.88 Å². The van der Waals surface area contributed by atoms with E-state index < -0.39 is 21.8 Å². The predicted octanol–water partition coefficient (Wildman–Crippen LogP) is 4.73. The van der Waals surface area contributed by atoms with Crippen LogP contribution in [0.15, 0.2) is 30.3 Å². The normalized spacial score (nSPS) is 13.0. The number of hydrogen-bond acceptors (Lipinski definition) is 5. The average molecular weight is 494 g/mol. The average Bonchev–Trinajstić information content (AvgIpc) is 2.71. The van der Waals surface area contributed by atoms with Gasteiger partial charge in [-0.05, 0) is 43.0 Å². The van der Waals surface area contributed by atoms with Crippen LogP contribution in [0.4, 0.5) is 10.1 Å². The summed E-state index contributed by atoms with van der Waals surface area (Å²) < 4.78 is 45.1. The Morgan fingerprint density at radius 3 is 2.38 bits per heavy atom. The van der Waals surface area contributed by atoms with E-state index in [1.54, 1.807) is 6.92 Å². The largest absolute Gasteiger partial charge is 0.477 e. The van der Waals surface area contributed by atoms with Crippen molar-refractivity contribution in [2.45, 2.75) is 65.8 Å². The quantitative estimate of drug-likeness (QED) is 0.499. The third-order valence-corrected chi connectivity index (χ3v) is 5.87. The van der Waals surface area contributed by atoms with Gasteiger partial charge in [0.15, 0.2) is 0 Å². The molecule has 2 N–H and O–H groups in total. The van der Waals surface area contributed by atoms with Crippen LogP contribution in [0, 0.1) is 11.7 Å². The van der Waals surface area contributed by atoms with Crippen molar-refractivity contribution in [1.29, 1.82) is 0 Å². The van der Waals surface area contributed by atoms with Gasteiger partial charge in [0.1, 0.15) is 5.82 Å². The molecule has 0 spiro atoms. The summed E-state index contributed by atoms with van der Waals surface area (Å²) in [5, 5.41) is 2.87. The lowest BCUT2D eigenvalue weighted by Crippen LogP contribution is -2.28. The number of benzene rings is 1. The van der Waals surface area contributed by atoms with Crippen molar-refractivity contribution in [2.24, 2.45) is 5.92 Å². The molecular formula is C25H36FN3O4S. The zero-order valence-electron chi connectivity index (χ0n) is 21.0. The maximum atomic E-state index is 14.3. The molecule has 0 aliphatic rings. The molecule has 2 rings (SSSR count). The molecule has 34 heavy (non-hydrogen) atoms. The molecule has 0 aliphatic heterocycles. The van der Waals surface area contributed by atoms with E-state index in [0.29, 0.717) is 24.0 Å². The fraction of sp³-hybridized carbons (Fsp3) is 0.520. The monoisotopic (exact) mass is 493 g/mol. The number of halogens is 1. The first-order chi connectivity index (χ1) is 15.7. The van der Waals surface area contributed by atoms with Crippen LogP contribution in [0.25, 0.3) is 0 Å². The van der Waals surface area contributed by atoms with Crippen LogP contribution in [0.2, 0.25) is 0 Å². The SMILES string of the molecule is CC(C)CCOc1nc(C(C)(C)C)ccc1CNC(=O)C(C)c1ccc(NS(C)(=O)=O)c(F)c1. The Bertz CT molecular complexity index is 1110. The summed E-state index contributed by atoms with van der Waals surface area (Å²) in [4.78, 5) is 17.5. The van der Waals surface area contributed by atoms with Gasteiger partial charge in [0, 0.05) is 23.2 Å². The highest BCUT2D eigenvalue weighted by atomic mass is 32.2. The van der Waals surface area contributed by atoms with Gasteiger partial charge in [-0.15, -0.1) is 0 Å². The summed E-state index contributed by atoms with van der Waals surface area (Å²) in [5.41, 5.74) is 1.79. The van der Waals surface area contributed by atoms with Crippen LogP contribution in [0.1, 0.15) is 70.7 Å². The summed E-state index contributed by atoms with van der Waals surface area (Å²) in [6.07, 6.45) is 1.83. The van der Waals surface area contributed by atoms with Crippen molar-refractivity contribution >= 4 is 21.6 Å². The van der Waals surface area contributed by atoms with Gasteiger partial charge >= 0.3 is 0 Å². The van der Waals surface area contributed by atoms with E-state index in [4.69, 9.17) is 9.72 Å². The van der Waals surface area contributed by atoms with E-state index in [2.05, 4.69) is 44.7 Å².